The van der Waals surface area contributed by atoms with Crippen LogP contribution >= 0.6 is 0 Å². The van der Waals surface area contributed by atoms with Crippen molar-refractivity contribution < 1.29 is 41.7 Å². The molecule has 0 saturated heterocycles. The number of halogens is 3. The van der Waals surface area contributed by atoms with Crippen molar-refractivity contribution >= 4 is 17.6 Å². The van der Waals surface area contributed by atoms with Crippen LogP contribution in [0.2, 0.25) is 0 Å². The lowest BCUT2D eigenvalue weighted by Gasteiger charge is -2.31. The third-order valence-electron chi connectivity index (χ3n) is 3.63. The highest BCUT2D eigenvalue weighted by molar-refractivity contribution is 6.03. The van der Waals surface area contributed by atoms with Gasteiger partial charge in [0.1, 0.15) is 18.2 Å². The van der Waals surface area contributed by atoms with Crippen LogP contribution in [0.5, 0.6) is 5.75 Å². The highest BCUT2D eigenvalue weighted by Crippen LogP contribution is 2.39. The van der Waals surface area contributed by atoms with E-state index in [1.54, 1.807) is 0 Å². The predicted molar refractivity (Wildman–Crippen MR) is 82.4 cm³/mol. The number of methoxy groups -OCH3 is 3. The van der Waals surface area contributed by atoms with Gasteiger partial charge in [0.25, 0.3) is 0 Å². The molecule has 0 bridgehead atoms. The minimum absolute atomic E-state index is 0.0281. The Morgan fingerprint density at radius 2 is 1.77 bits per heavy atom. The number of rotatable bonds is 4. The van der Waals surface area contributed by atoms with E-state index in [2.05, 4.69) is 9.47 Å². The number of nitrogens with zero attached hydrogens (tertiary/aromatic N) is 1. The molecule has 7 nitrogen and oxygen atoms in total. The smallest absolute Gasteiger partial charge is 0.420 e. The van der Waals surface area contributed by atoms with Gasteiger partial charge in [-0.15, -0.1) is 0 Å². The first-order valence-electron chi connectivity index (χ1n) is 7.24. The van der Waals surface area contributed by atoms with Gasteiger partial charge in [0.2, 0.25) is 0 Å². The summed E-state index contributed by atoms with van der Waals surface area (Å²) in [7, 11) is 3.31. The summed E-state index contributed by atoms with van der Waals surface area (Å²) in [6, 6.07) is 3.21. The van der Waals surface area contributed by atoms with Gasteiger partial charge in [-0.05, 0) is 18.2 Å². The minimum atomic E-state index is -4.68. The van der Waals surface area contributed by atoms with E-state index in [-0.39, 0.29) is 36.0 Å². The summed E-state index contributed by atoms with van der Waals surface area (Å²) < 4.78 is 59.0. The Hall–Kier alpha value is -2.75. The van der Waals surface area contributed by atoms with E-state index in [0.717, 1.165) is 38.4 Å². The summed E-state index contributed by atoms with van der Waals surface area (Å²) in [5, 5.41) is 0. The molecule has 0 aromatic heterocycles. The van der Waals surface area contributed by atoms with E-state index in [1.165, 1.54) is 6.07 Å². The molecular weight excluding hydrogens is 359 g/mol. The van der Waals surface area contributed by atoms with Gasteiger partial charge in [-0.1, -0.05) is 0 Å². The fourth-order valence-corrected chi connectivity index (χ4v) is 2.43. The van der Waals surface area contributed by atoms with Gasteiger partial charge in [0.15, 0.2) is 0 Å². The van der Waals surface area contributed by atoms with Crippen LogP contribution < -0.4 is 9.64 Å². The zero-order valence-electron chi connectivity index (χ0n) is 14.2. The molecule has 1 aromatic carbocycles. The lowest BCUT2D eigenvalue weighted by molar-refractivity contribution is -0.140. The fraction of sp³-hybridized carbons (Fsp3) is 0.375. The molecule has 0 radical (unpaired) electrons. The maximum atomic E-state index is 13.3. The molecule has 10 heteroatoms. The summed E-state index contributed by atoms with van der Waals surface area (Å²) in [4.78, 5) is 25.2. The van der Waals surface area contributed by atoms with Gasteiger partial charge in [-0.3, -0.25) is 0 Å². The molecule has 1 aliphatic rings. The van der Waals surface area contributed by atoms with Crippen LogP contribution in [0.3, 0.4) is 0 Å². The quantitative estimate of drug-likeness (QED) is 0.746. The number of esters is 2. The standard InChI is InChI=1S/C16H16F3NO6/c1-23-12-5-4-9(6-11(12)16(17,18)19)20-8-26-7-10(14(21)24-2)13(20)15(22)25-3/h4-6H,7-8H2,1-3H3. The lowest BCUT2D eigenvalue weighted by Crippen LogP contribution is -2.38. The highest BCUT2D eigenvalue weighted by Gasteiger charge is 2.37. The van der Waals surface area contributed by atoms with Crippen molar-refractivity contribution in [3.63, 3.8) is 0 Å². The topological polar surface area (TPSA) is 74.3 Å². The van der Waals surface area contributed by atoms with Gasteiger partial charge in [-0.2, -0.15) is 13.2 Å². The van der Waals surface area contributed by atoms with E-state index < -0.39 is 23.7 Å². The van der Waals surface area contributed by atoms with Gasteiger partial charge in [0, 0.05) is 5.69 Å². The van der Waals surface area contributed by atoms with Crippen molar-refractivity contribution in [2.75, 3.05) is 39.6 Å². The zero-order valence-corrected chi connectivity index (χ0v) is 14.2. The molecule has 142 valence electrons. The minimum Gasteiger partial charge on any atom is -0.496 e. The second-order valence-electron chi connectivity index (χ2n) is 5.10. The van der Waals surface area contributed by atoms with Crippen LogP contribution in [0.15, 0.2) is 29.5 Å². The number of carbonyl (C=O) groups is 2. The van der Waals surface area contributed by atoms with E-state index in [4.69, 9.17) is 9.47 Å². The molecule has 0 amide bonds. The summed E-state index contributed by atoms with van der Waals surface area (Å²) >= 11 is 0. The van der Waals surface area contributed by atoms with Crippen molar-refractivity contribution in [3.8, 4) is 5.75 Å². The predicted octanol–water partition coefficient (Wildman–Crippen LogP) is 2.11. The van der Waals surface area contributed by atoms with Crippen molar-refractivity contribution in [1.82, 2.24) is 0 Å². The second-order valence-corrected chi connectivity index (χ2v) is 5.10. The number of hydrogen-bond acceptors (Lipinski definition) is 7. The lowest BCUT2D eigenvalue weighted by atomic mass is 10.1. The molecule has 26 heavy (non-hydrogen) atoms. The van der Waals surface area contributed by atoms with Crippen molar-refractivity contribution in [2.24, 2.45) is 0 Å². The molecule has 0 aliphatic carbocycles. The van der Waals surface area contributed by atoms with Gasteiger partial charge in [0.05, 0.1) is 39.1 Å². The van der Waals surface area contributed by atoms with Crippen LogP contribution in [0.4, 0.5) is 18.9 Å². The van der Waals surface area contributed by atoms with Gasteiger partial charge < -0.3 is 23.8 Å². The number of alkyl halides is 3. The molecular formula is C16H16F3NO6. The summed E-state index contributed by atoms with van der Waals surface area (Å²) in [5.41, 5.74) is -1.47. The van der Waals surface area contributed by atoms with Crippen molar-refractivity contribution in [3.05, 3.63) is 35.0 Å². The van der Waals surface area contributed by atoms with Crippen LogP contribution in [-0.4, -0.2) is 46.6 Å². The van der Waals surface area contributed by atoms with Crippen molar-refractivity contribution in [2.45, 2.75) is 6.18 Å². The molecule has 2 rings (SSSR count). The Bertz CT molecular complexity index is 744. The Morgan fingerprint density at radius 1 is 1.12 bits per heavy atom. The third-order valence-corrected chi connectivity index (χ3v) is 3.63. The first-order valence-corrected chi connectivity index (χ1v) is 7.24. The first kappa shape index (κ1) is 19.6. The maximum Gasteiger partial charge on any atom is 0.420 e. The molecule has 0 atom stereocenters. The van der Waals surface area contributed by atoms with E-state index in [0.29, 0.717) is 0 Å². The number of ether oxygens (including phenoxy) is 4. The average Bonchev–Trinajstić information content (AvgIpc) is 2.64. The maximum absolute atomic E-state index is 13.3. The normalized spacial score (nSPS) is 14.9. The molecule has 0 N–H and O–H groups in total. The number of anilines is 1. The molecule has 1 aliphatic heterocycles. The molecule has 1 aromatic rings. The monoisotopic (exact) mass is 375 g/mol. The third kappa shape index (κ3) is 3.74. The number of carbonyl (C=O) groups excluding carboxylic acids is 2. The van der Waals surface area contributed by atoms with Crippen LogP contribution in [0, 0.1) is 0 Å². The SMILES string of the molecule is COC(=O)C1=C(C(=O)OC)N(c2ccc(OC)c(C(F)(F)F)c2)COC1. The molecule has 0 spiro atoms. The summed E-state index contributed by atoms with van der Waals surface area (Å²) in [6.45, 7) is -0.496. The molecule has 1 heterocycles. The van der Waals surface area contributed by atoms with Gasteiger partial charge >= 0.3 is 18.1 Å². The number of hydrogen-bond donors (Lipinski definition) is 0. The Labute approximate surface area is 146 Å². The average molecular weight is 375 g/mol. The zero-order chi connectivity index (χ0) is 19.5. The summed E-state index contributed by atoms with van der Waals surface area (Å²) in [6.07, 6.45) is -4.68. The highest BCUT2D eigenvalue weighted by atomic mass is 19.4. The second kappa shape index (κ2) is 7.65. The van der Waals surface area contributed by atoms with Crippen LogP contribution in [0.25, 0.3) is 0 Å². The van der Waals surface area contributed by atoms with Crippen molar-refractivity contribution in [1.29, 1.82) is 0 Å². The Balaban J connectivity index is 2.62. The fourth-order valence-electron chi connectivity index (χ4n) is 2.43. The Morgan fingerprint density at radius 3 is 2.31 bits per heavy atom. The van der Waals surface area contributed by atoms with E-state index in [9.17, 15) is 22.8 Å². The largest absolute Gasteiger partial charge is 0.496 e. The molecule has 0 unspecified atom stereocenters. The summed E-state index contributed by atoms with van der Waals surface area (Å²) in [5.74, 6) is -2.13. The molecule has 0 fully saturated rings. The number of benzene rings is 1. The van der Waals surface area contributed by atoms with Crippen LogP contribution in [-0.2, 0) is 30.0 Å². The van der Waals surface area contributed by atoms with Crippen LogP contribution in [0.1, 0.15) is 5.56 Å². The first-order chi connectivity index (χ1) is 12.2. The molecule has 0 saturated carbocycles. The van der Waals surface area contributed by atoms with Gasteiger partial charge in [-0.25, -0.2) is 9.59 Å². The van der Waals surface area contributed by atoms with E-state index in [1.807, 2.05) is 0 Å². The Kier molecular flexibility index (Phi) is 5.76. The van der Waals surface area contributed by atoms with E-state index >= 15 is 0 Å².